The van der Waals surface area contributed by atoms with Crippen LogP contribution in [0.15, 0.2) is 54.6 Å². The molecule has 2 heterocycles. The lowest BCUT2D eigenvalue weighted by Crippen LogP contribution is -2.35. The van der Waals surface area contributed by atoms with Crippen molar-refractivity contribution in [2.45, 2.75) is 24.8 Å². The van der Waals surface area contributed by atoms with E-state index in [0.717, 1.165) is 24.9 Å². The molecule has 100 valence electrons. The smallest absolute Gasteiger partial charge is 0.254 e. The normalized spacial score (nSPS) is 24.4. The fourth-order valence-electron chi connectivity index (χ4n) is 3.67. The number of rotatable bonds is 1. The number of carbonyl (C=O) groups is 1. The highest BCUT2D eigenvalue weighted by atomic mass is 16.2. The molecule has 0 aromatic heterocycles. The van der Waals surface area contributed by atoms with Crippen LogP contribution in [-0.2, 0) is 0 Å². The van der Waals surface area contributed by atoms with Gasteiger partial charge in [0.05, 0.1) is 6.04 Å². The Morgan fingerprint density at radius 3 is 2.55 bits per heavy atom. The first kappa shape index (κ1) is 11.7. The van der Waals surface area contributed by atoms with E-state index in [1.165, 1.54) is 11.1 Å². The van der Waals surface area contributed by atoms with Crippen LogP contribution < -0.4 is 0 Å². The van der Waals surface area contributed by atoms with E-state index in [2.05, 4.69) is 41.3 Å². The second-order valence-electron chi connectivity index (χ2n) is 5.73. The van der Waals surface area contributed by atoms with E-state index in [9.17, 15) is 4.79 Å². The van der Waals surface area contributed by atoms with Gasteiger partial charge in [0.2, 0.25) is 0 Å². The van der Waals surface area contributed by atoms with Gasteiger partial charge in [-0.25, -0.2) is 0 Å². The Morgan fingerprint density at radius 2 is 1.70 bits per heavy atom. The Labute approximate surface area is 119 Å². The van der Waals surface area contributed by atoms with Crippen LogP contribution in [0.1, 0.15) is 46.3 Å². The molecular formula is C18H17NO. The summed E-state index contributed by atoms with van der Waals surface area (Å²) in [6.45, 7) is 0.873. The summed E-state index contributed by atoms with van der Waals surface area (Å²) in [5, 5.41) is 0. The standard InChI is InChI=1S/C18H17NO/c20-18-16-9-5-4-8-15(16)17-12-14(10-11-19(17)18)13-6-2-1-3-7-13/h1-9,14,17H,10-12H2/t14-,17+/m1/s1. The third-order valence-corrected chi connectivity index (χ3v) is 4.68. The van der Waals surface area contributed by atoms with Gasteiger partial charge in [-0.15, -0.1) is 0 Å². The van der Waals surface area contributed by atoms with Crippen molar-refractivity contribution in [1.82, 2.24) is 4.90 Å². The third-order valence-electron chi connectivity index (χ3n) is 4.68. The first-order valence-electron chi connectivity index (χ1n) is 7.29. The Morgan fingerprint density at radius 1 is 0.950 bits per heavy atom. The monoisotopic (exact) mass is 263 g/mol. The van der Waals surface area contributed by atoms with E-state index in [4.69, 9.17) is 0 Å². The van der Waals surface area contributed by atoms with Crippen molar-refractivity contribution in [1.29, 1.82) is 0 Å². The molecule has 1 fully saturated rings. The Hall–Kier alpha value is -2.09. The zero-order valence-corrected chi connectivity index (χ0v) is 11.3. The molecule has 20 heavy (non-hydrogen) atoms. The van der Waals surface area contributed by atoms with E-state index in [0.29, 0.717) is 5.92 Å². The van der Waals surface area contributed by atoms with E-state index < -0.39 is 0 Å². The van der Waals surface area contributed by atoms with E-state index in [1.54, 1.807) is 0 Å². The van der Waals surface area contributed by atoms with E-state index in [1.807, 2.05) is 18.2 Å². The average Bonchev–Trinajstić information content (AvgIpc) is 2.81. The lowest BCUT2D eigenvalue weighted by Gasteiger charge is -2.35. The summed E-state index contributed by atoms with van der Waals surface area (Å²) in [6.07, 6.45) is 2.12. The summed E-state index contributed by atoms with van der Waals surface area (Å²) in [5.74, 6) is 0.786. The first-order valence-corrected chi connectivity index (χ1v) is 7.29. The van der Waals surface area contributed by atoms with Gasteiger partial charge in [-0.1, -0.05) is 48.5 Å². The maximum Gasteiger partial charge on any atom is 0.254 e. The van der Waals surface area contributed by atoms with Crippen molar-refractivity contribution in [3.05, 3.63) is 71.3 Å². The number of hydrogen-bond acceptors (Lipinski definition) is 1. The predicted molar refractivity (Wildman–Crippen MR) is 78.6 cm³/mol. The van der Waals surface area contributed by atoms with Crippen LogP contribution in [0, 0.1) is 0 Å². The second-order valence-corrected chi connectivity index (χ2v) is 5.73. The van der Waals surface area contributed by atoms with Gasteiger partial charge in [-0.05, 0) is 36.0 Å². The van der Waals surface area contributed by atoms with Crippen LogP contribution in [0.2, 0.25) is 0 Å². The molecule has 2 atom stereocenters. The maximum absolute atomic E-state index is 12.4. The fraction of sp³-hybridized carbons (Fsp3) is 0.278. The Kier molecular flexibility index (Phi) is 2.62. The molecule has 2 aliphatic rings. The fourth-order valence-corrected chi connectivity index (χ4v) is 3.67. The molecule has 0 radical (unpaired) electrons. The number of piperidine rings is 1. The van der Waals surface area contributed by atoms with Crippen molar-refractivity contribution < 1.29 is 4.79 Å². The highest BCUT2D eigenvalue weighted by Crippen LogP contribution is 2.44. The molecule has 0 N–H and O–H groups in total. The van der Waals surface area contributed by atoms with Crippen molar-refractivity contribution in [3.8, 4) is 0 Å². The summed E-state index contributed by atoms with van der Waals surface area (Å²) < 4.78 is 0. The molecule has 0 spiro atoms. The number of carbonyl (C=O) groups excluding carboxylic acids is 1. The molecule has 2 nitrogen and oxygen atoms in total. The minimum atomic E-state index is 0.220. The van der Waals surface area contributed by atoms with Crippen LogP contribution in [0.3, 0.4) is 0 Å². The summed E-state index contributed by atoms with van der Waals surface area (Å²) in [4.78, 5) is 14.5. The largest absolute Gasteiger partial charge is 0.332 e. The van der Waals surface area contributed by atoms with Crippen molar-refractivity contribution in [2.75, 3.05) is 6.54 Å². The summed E-state index contributed by atoms with van der Waals surface area (Å²) in [5.41, 5.74) is 3.54. The summed E-state index contributed by atoms with van der Waals surface area (Å²) in [6, 6.07) is 19.1. The molecule has 2 heteroatoms. The summed E-state index contributed by atoms with van der Waals surface area (Å²) >= 11 is 0. The van der Waals surface area contributed by atoms with Gasteiger partial charge in [0.15, 0.2) is 0 Å². The lowest BCUT2D eigenvalue weighted by atomic mass is 9.84. The molecule has 0 bridgehead atoms. The molecule has 0 aliphatic carbocycles. The highest BCUT2D eigenvalue weighted by Gasteiger charge is 2.40. The van der Waals surface area contributed by atoms with Gasteiger partial charge >= 0.3 is 0 Å². The zero-order valence-electron chi connectivity index (χ0n) is 11.3. The molecule has 4 rings (SSSR count). The van der Waals surface area contributed by atoms with Gasteiger partial charge < -0.3 is 4.90 Å². The van der Waals surface area contributed by atoms with E-state index in [-0.39, 0.29) is 11.9 Å². The Bertz CT molecular complexity index is 649. The number of nitrogens with zero attached hydrogens (tertiary/aromatic N) is 1. The van der Waals surface area contributed by atoms with Gasteiger partial charge in [-0.2, -0.15) is 0 Å². The number of benzene rings is 2. The third kappa shape index (κ3) is 1.68. The first-order chi connectivity index (χ1) is 9.84. The van der Waals surface area contributed by atoms with Crippen LogP contribution in [0.4, 0.5) is 0 Å². The van der Waals surface area contributed by atoms with Crippen LogP contribution >= 0.6 is 0 Å². The molecule has 1 saturated heterocycles. The van der Waals surface area contributed by atoms with E-state index >= 15 is 0 Å². The maximum atomic E-state index is 12.4. The molecule has 2 aromatic carbocycles. The topological polar surface area (TPSA) is 20.3 Å². The quantitative estimate of drug-likeness (QED) is 0.767. The van der Waals surface area contributed by atoms with Gasteiger partial charge in [-0.3, -0.25) is 4.79 Å². The van der Waals surface area contributed by atoms with Crippen molar-refractivity contribution in [2.24, 2.45) is 0 Å². The average molecular weight is 263 g/mol. The second kappa shape index (κ2) is 4.48. The highest BCUT2D eigenvalue weighted by molar-refractivity contribution is 5.99. The molecule has 0 unspecified atom stereocenters. The van der Waals surface area contributed by atoms with Crippen LogP contribution in [-0.4, -0.2) is 17.4 Å². The van der Waals surface area contributed by atoms with Gasteiger partial charge in [0, 0.05) is 12.1 Å². The van der Waals surface area contributed by atoms with Gasteiger partial charge in [0.25, 0.3) is 5.91 Å². The number of amides is 1. The van der Waals surface area contributed by atoms with Gasteiger partial charge in [0.1, 0.15) is 0 Å². The lowest BCUT2D eigenvalue weighted by molar-refractivity contribution is 0.0653. The van der Waals surface area contributed by atoms with Crippen molar-refractivity contribution >= 4 is 5.91 Å². The minimum absolute atomic E-state index is 0.220. The summed E-state index contributed by atoms with van der Waals surface area (Å²) in [7, 11) is 0. The number of hydrogen-bond donors (Lipinski definition) is 0. The molecular weight excluding hydrogens is 246 g/mol. The molecule has 2 aliphatic heterocycles. The Balaban J connectivity index is 1.68. The molecule has 1 amide bonds. The zero-order chi connectivity index (χ0) is 13.5. The predicted octanol–water partition coefficient (Wildman–Crippen LogP) is 3.76. The molecule has 0 saturated carbocycles. The minimum Gasteiger partial charge on any atom is -0.332 e. The van der Waals surface area contributed by atoms with Crippen LogP contribution in [0.5, 0.6) is 0 Å². The van der Waals surface area contributed by atoms with Crippen molar-refractivity contribution in [3.63, 3.8) is 0 Å². The molecule has 2 aromatic rings. The SMILES string of the molecule is O=C1c2ccccc2[C@@H]2C[C@H](c3ccccc3)CCN12. The number of fused-ring (bicyclic) bond motifs is 3. The van der Waals surface area contributed by atoms with Crippen LogP contribution in [0.25, 0.3) is 0 Å².